The molecule has 2 N–H and O–H groups in total. The molecule has 0 bridgehead atoms. The van der Waals surface area contributed by atoms with E-state index in [1.165, 1.54) is 4.90 Å². The number of carbonyl (C=O) groups excluding carboxylic acids is 3. The van der Waals surface area contributed by atoms with Gasteiger partial charge in [-0.3, -0.25) is 14.5 Å². The highest BCUT2D eigenvalue weighted by molar-refractivity contribution is 6.04. The van der Waals surface area contributed by atoms with Crippen LogP contribution in [0.4, 0.5) is 10.5 Å². The van der Waals surface area contributed by atoms with E-state index in [4.69, 9.17) is 9.47 Å². The molecule has 186 valence electrons. The lowest BCUT2D eigenvalue weighted by Crippen LogP contribution is -2.47. The summed E-state index contributed by atoms with van der Waals surface area (Å²) in [5, 5.41) is 5.70. The number of nitrogens with zero attached hydrogens (tertiary/aromatic N) is 1. The number of methoxy groups -OCH3 is 1. The molecule has 36 heavy (non-hydrogen) atoms. The second kappa shape index (κ2) is 11.5. The van der Waals surface area contributed by atoms with E-state index in [9.17, 15) is 14.4 Å². The number of cyclic esters (lactones) is 1. The molecule has 8 heteroatoms. The number of benzene rings is 3. The monoisotopic (exact) mass is 487 g/mol. The number of anilines is 1. The molecule has 1 aliphatic rings. The molecule has 0 spiro atoms. The third-order valence-corrected chi connectivity index (χ3v) is 5.94. The summed E-state index contributed by atoms with van der Waals surface area (Å²) in [6.45, 7) is 2.86. The van der Waals surface area contributed by atoms with Crippen LogP contribution in [0.5, 0.6) is 0 Å². The molecule has 3 aromatic carbocycles. The predicted molar refractivity (Wildman–Crippen MR) is 135 cm³/mol. The van der Waals surface area contributed by atoms with Crippen LogP contribution in [-0.4, -0.2) is 49.1 Å². The van der Waals surface area contributed by atoms with Gasteiger partial charge in [-0.25, -0.2) is 4.79 Å². The molecule has 3 amide bonds. The average Bonchev–Trinajstić information content (AvgIpc) is 3.22. The third kappa shape index (κ3) is 5.90. The number of carbonyl (C=O) groups is 3. The lowest BCUT2D eigenvalue weighted by molar-refractivity contribution is -0.126. The van der Waals surface area contributed by atoms with Crippen molar-refractivity contribution in [3.05, 3.63) is 101 Å². The quantitative estimate of drug-likeness (QED) is 0.444. The molecule has 4 rings (SSSR count). The second-order valence-corrected chi connectivity index (χ2v) is 8.59. The molecular formula is C28H29N3O5. The molecule has 8 nitrogen and oxygen atoms in total. The van der Waals surface area contributed by atoms with Gasteiger partial charge in [0.1, 0.15) is 0 Å². The maximum absolute atomic E-state index is 13.2. The lowest BCUT2D eigenvalue weighted by atomic mass is 10.00. The summed E-state index contributed by atoms with van der Waals surface area (Å²) in [5.74, 6) is -0.597. The van der Waals surface area contributed by atoms with Gasteiger partial charge in [-0.05, 0) is 42.3 Å². The van der Waals surface area contributed by atoms with Gasteiger partial charge in [0.2, 0.25) is 5.91 Å². The second-order valence-electron chi connectivity index (χ2n) is 8.59. The molecule has 0 aromatic heterocycles. The van der Waals surface area contributed by atoms with Crippen molar-refractivity contribution in [2.24, 2.45) is 0 Å². The van der Waals surface area contributed by atoms with E-state index in [0.29, 0.717) is 30.0 Å². The van der Waals surface area contributed by atoms with Crippen molar-refractivity contribution in [1.82, 2.24) is 10.2 Å². The Morgan fingerprint density at radius 1 is 1.00 bits per heavy atom. The smallest absolute Gasteiger partial charge is 0.411 e. The van der Waals surface area contributed by atoms with Crippen LogP contribution in [0.1, 0.15) is 33.2 Å². The standard InChI is InChI=1S/C28H29N3O5/c1-19-11-13-20(14-12-19)18-31-24(27(33)29-15-16-35-2)25(36-28(31)34)22-9-6-10-23(17-22)30-26(32)21-7-4-3-5-8-21/h3-14,17,24-25H,15-16,18H2,1-2H3,(H,29,33)(H,30,32). The summed E-state index contributed by atoms with van der Waals surface area (Å²) >= 11 is 0. The van der Waals surface area contributed by atoms with E-state index in [1.807, 2.05) is 37.3 Å². The topological polar surface area (TPSA) is 97.0 Å². The van der Waals surface area contributed by atoms with Crippen molar-refractivity contribution < 1.29 is 23.9 Å². The number of amides is 3. The first-order chi connectivity index (χ1) is 17.5. The van der Waals surface area contributed by atoms with E-state index in [2.05, 4.69) is 10.6 Å². The van der Waals surface area contributed by atoms with Crippen molar-refractivity contribution in [3.63, 3.8) is 0 Å². The fraction of sp³-hybridized carbons (Fsp3) is 0.250. The minimum absolute atomic E-state index is 0.225. The number of hydrogen-bond donors (Lipinski definition) is 2. The molecule has 2 atom stereocenters. The highest BCUT2D eigenvalue weighted by Crippen LogP contribution is 2.35. The van der Waals surface area contributed by atoms with E-state index in [-0.39, 0.29) is 18.4 Å². The van der Waals surface area contributed by atoms with E-state index >= 15 is 0 Å². The molecule has 1 saturated heterocycles. The SMILES string of the molecule is COCCNC(=O)C1C(c2cccc(NC(=O)c3ccccc3)c2)OC(=O)N1Cc1ccc(C)cc1. The highest BCUT2D eigenvalue weighted by atomic mass is 16.6. The summed E-state index contributed by atoms with van der Waals surface area (Å²) in [6.07, 6.45) is -1.43. The number of hydrogen-bond acceptors (Lipinski definition) is 5. The van der Waals surface area contributed by atoms with Crippen LogP contribution < -0.4 is 10.6 Å². The normalized spacial score (nSPS) is 16.9. The molecule has 1 fully saturated rings. The minimum atomic E-state index is -0.893. The van der Waals surface area contributed by atoms with Crippen LogP contribution in [-0.2, 0) is 20.8 Å². The van der Waals surface area contributed by atoms with E-state index in [1.54, 1.807) is 55.6 Å². The van der Waals surface area contributed by atoms with E-state index < -0.39 is 18.2 Å². The maximum atomic E-state index is 13.2. The van der Waals surface area contributed by atoms with Gasteiger partial charge in [-0.15, -0.1) is 0 Å². The Bertz CT molecular complexity index is 1210. The maximum Gasteiger partial charge on any atom is 0.411 e. The van der Waals surface area contributed by atoms with Crippen molar-refractivity contribution >= 4 is 23.6 Å². The Morgan fingerprint density at radius 3 is 2.47 bits per heavy atom. The zero-order chi connectivity index (χ0) is 25.5. The summed E-state index contributed by atoms with van der Waals surface area (Å²) in [7, 11) is 1.55. The molecular weight excluding hydrogens is 458 g/mol. The zero-order valence-electron chi connectivity index (χ0n) is 20.3. The molecule has 1 heterocycles. The van der Waals surface area contributed by atoms with Crippen LogP contribution in [0, 0.1) is 6.92 Å². The summed E-state index contributed by atoms with van der Waals surface area (Å²) in [6, 6.07) is 22.8. The Balaban J connectivity index is 1.59. The van der Waals surface area contributed by atoms with Crippen molar-refractivity contribution in [2.45, 2.75) is 25.6 Å². The van der Waals surface area contributed by atoms with Crippen molar-refractivity contribution in [3.8, 4) is 0 Å². The molecule has 3 aromatic rings. The number of nitrogens with one attached hydrogen (secondary N) is 2. The van der Waals surface area contributed by atoms with Crippen LogP contribution in [0.15, 0.2) is 78.9 Å². The molecule has 0 aliphatic carbocycles. The van der Waals surface area contributed by atoms with E-state index in [0.717, 1.165) is 11.1 Å². The van der Waals surface area contributed by atoms with Gasteiger partial charge in [-0.1, -0.05) is 60.2 Å². The largest absolute Gasteiger partial charge is 0.438 e. The zero-order valence-corrected chi connectivity index (χ0v) is 20.3. The Morgan fingerprint density at radius 2 is 1.75 bits per heavy atom. The van der Waals surface area contributed by atoms with Gasteiger partial charge in [-0.2, -0.15) is 0 Å². The van der Waals surface area contributed by atoms with Gasteiger partial charge >= 0.3 is 6.09 Å². The van der Waals surface area contributed by atoms with Gasteiger partial charge in [0.25, 0.3) is 5.91 Å². The average molecular weight is 488 g/mol. The van der Waals surface area contributed by atoms with Crippen molar-refractivity contribution in [2.75, 3.05) is 25.6 Å². The van der Waals surface area contributed by atoms with Gasteiger partial charge in [0.15, 0.2) is 12.1 Å². The number of ether oxygens (including phenoxy) is 2. The summed E-state index contributed by atoms with van der Waals surface area (Å²) in [5.41, 5.74) is 3.65. The summed E-state index contributed by atoms with van der Waals surface area (Å²) < 4.78 is 10.8. The van der Waals surface area contributed by atoms with Crippen molar-refractivity contribution in [1.29, 1.82) is 0 Å². The highest BCUT2D eigenvalue weighted by Gasteiger charge is 2.47. The molecule has 0 radical (unpaired) electrons. The first kappa shape index (κ1) is 24.9. The van der Waals surface area contributed by atoms with Gasteiger partial charge in [0, 0.05) is 24.9 Å². The van der Waals surface area contributed by atoms with Gasteiger partial charge < -0.3 is 20.1 Å². The fourth-order valence-electron chi connectivity index (χ4n) is 4.07. The predicted octanol–water partition coefficient (Wildman–Crippen LogP) is 4.07. The molecule has 0 saturated carbocycles. The number of rotatable bonds is 9. The minimum Gasteiger partial charge on any atom is -0.438 e. The Hall–Kier alpha value is -4.17. The first-order valence-corrected chi connectivity index (χ1v) is 11.7. The molecule has 2 unspecified atom stereocenters. The lowest BCUT2D eigenvalue weighted by Gasteiger charge is -2.24. The van der Waals surface area contributed by atoms with Crippen LogP contribution in [0.3, 0.4) is 0 Å². The Labute approximate surface area is 210 Å². The van der Waals surface area contributed by atoms with Crippen LogP contribution in [0.2, 0.25) is 0 Å². The fourth-order valence-corrected chi connectivity index (χ4v) is 4.07. The summed E-state index contributed by atoms with van der Waals surface area (Å²) in [4.78, 5) is 40.2. The number of aryl methyl sites for hydroxylation is 1. The third-order valence-electron chi connectivity index (χ3n) is 5.94. The first-order valence-electron chi connectivity index (χ1n) is 11.7. The van der Waals surface area contributed by atoms with Crippen LogP contribution in [0.25, 0.3) is 0 Å². The van der Waals surface area contributed by atoms with Gasteiger partial charge in [0.05, 0.1) is 13.2 Å². The Kier molecular flexibility index (Phi) is 7.97. The molecule has 1 aliphatic heterocycles. The van der Waals surface area contributed by atoms with Crippen LogP contribution >= 0.6 is 0 Å².